The lowest BCUT2D eigenvalue weighted by molar-refractivity contribution is -0.188. The molecule has 4 rings (SSSR count). The minimum Gasteiger partial charge on any atom is -0.390 e. The summed E-state index contributed by atoms with van der Waals surface area (Å²) >= 11 is 6.12. The maximum Gasteiger partial charge on any atom is 0.103 e. The fourth-order valence-electron chi connectivity index (χ4n) is 4.15. The molecule has 1 spiro atoms. The summed E-state index contributed by atoms with van der Waals surface area (Å²) in [6, 6.07) is 5.95. The van der Waals surface area contributed by atoms with Crippen LogP contribution in [0.25, 0.3) is 10.9 Å². The SMILES string of the molecule is Cc1c(CN2CCC3(CC2)C[C@@H](O)[C@@H](O)CO3)[nH]c2ccc(Cl)cc12. The third kappa shape index (κ3) is 3.32. The number of hydrogen-bond donors (Lipinski definition) is 3. The van der Waals surface area contributed by atoms with Crippen molar-refractivity contribution >= 4 is 22.5 Å². The molecule has 2 aromatic rings. The van der Waals surface area contributed by atoms with Crippen LogP contribution in [-0.4, -0.2) is 57.6 Å². The highest BCUT2D eigenvalue weighted by molar-refractivity contribution is 6.31. The number of likely N-dealkylation sites (tertiary alicyclic amines) is 1. The lowest BCUT2D eigenvalue weighted by Crippen LogP contribution is -2.54. The van der Waals surface area contributed by atoms with Crippen LogP contribution in [0.4, 0.5) is 0 Å². The smallest absolute Gasteiger partial charge is 0.103 e. The summed E-state index contributed by atoms with van der Waals surface area (Å²) in [6.45, 7) is 5.11. The highest BCUT2D eigenvalue weighted by Crippen LogP contribution is 2.36. The number of piperidine rings is 1. The number of nitrogens with zero attached hydrogens (tertiary/aromatic N) is 1. The van der Waals surface area contributed by atoms with Gasteiger partial charge in [-0.15, -0.1) is 0 Å². The van der Waals surface area contributed by atoms with Gasteiger partial charge in [-0.25, -0.2) is 0 Å². The van der Waals surface area contributed by atoms with Crippen LogP contribution < -0.4 is 0 Å². The molecule has 2 aliphatic heterocycles. The number of H-pyrrole nitrogens is 1. The lowest BCUT2D eigenvalue weighted by Gasteiger charge is -2.46. The van der Waals surface area contributed by atoms with Gasteiger partial charge < -0.3 is 19.9 Å². The van der Waals surface area contributed by atoms with Crippen LogP contribution in [0.3, 0.4) is 0 Å². The van der Waals surface area contributed by atoms with Gasteiger partial charge in [0.2, 0.25) is 0 Å². The lowest BCUT2D eigenvalue weighted by atomic mass is 9.82. The molecule has 5 nitrogen and oxygen atoms in total. The van der Waals surface area contributed by atoms with Gasteiger partial charge in [-0.2, -0.15) is 0 Å². The number of aryl methyl sites for hydroxylation is 1. The molecule has 1 aromatic heterocycles. The number of halogens is 1. The molecule has 0 radical (unpaired) electrons. The number of aliphatic hydroxyl groups is 2. The Labute approximate surface area is 152 Å². The molecular weight excluding hydrogens is 340 g/mol. The first-order valence-electron chi connectivity index (χ1n) is 8.95. The zero-order chi connectivity index (χ0) is 17.6. The predicted molar refractivity (Wildman–Crippen MR) is 97.9 cm³/mol. The first-order valence-corrected chi connectivity index (χ1v) is 9.33. The van der Waals surface area contributed by atoms with Crippen LogP contribution in [-0.2, 0) is 11.3 Å². The molecule has 25 heavy (non-hydrogen) atoms. The average Bonchev–Trinajstić information content (AvgIpc) is 2.90. The van der Waals surface area contributed by atoms with Crippen LogP contribution in [0.2, 0.25) is 5.02 Å². The van der Waals surface area contributed by atoms with E-state index in [9.17, 15) is 10.2 Å². The standard InChI is InChI=1S/C19H25ClN2O3/c1-12-14-8-13(20)2-3-15(14)21-16(12)10-22-6-4-19(5-7-22)9-17(23)18(24)11-25-19/h2-3,8,17-18,21,23-24H,4-7,9-11H2,1H3/t17-,18+/m1/s1. The van der Waals surface area contributed by atoms with Gasteiger partial charge in [0.1, 0.15) is 6.10 Å². The van der Waals surface area contributed by atoms with Gasteiger partial charge in [-0.05, 0) is 43.5 Å². The van der Waals surface area contributed by atoms with Crippen molar-refractivity contribution in [3.05, 3.63) is 34.5 Å². The quantitative estimate of drug-likeness (QED) is 0.766. The molecule has 3 heterocycles. The predicted octanol–water partition coefficient (Wildman–Crippen LogP) is 2.61. The Morgan fingerprint density at radius 3 is 2.76 bits per heavy atom. The van der Waals surface area contributed by atoms with Gasteiger partial charge in [-0.3, -0.25) is 4.90 Å². The molecule has 1 aromatic carbocycles. The Morgan fingerprint density at radius 1 is 1.28 bits per heavy atom. The van der Waals surface area contributed by atoms with Crippen LogP contribution in [0, 0.1) is 6.92 Å². The average molecular weight is 365 g/mol. The van der Waals surface area contributed by atoms with Gasteiger partial charge in [0.25, 0.3) is 0 Å². The van der Waals surface area contributed by atoms with Gasteiger partial charge in [0.05, 0.1) is 18.3 Å². The van der Waals surface area contributed by atoms with E-state index in [1.54, 1.807) is 0 Å². The summed E-state index contributed by atoms with van der Waals surface area (Å²) in [7, 11) is 0. The number of fused-ring (bicyclic) bond motifs is 1. The molecule has 6 heteroatoms. The summed E-state index contributed by atoms with van der Waals surface area (Å²) in [5, 5.41) is 21.6. The van der Waals surface area contributed by atoms with Gasteiger partial charge >= 0.3 is 0 Å². The molecule has 2 saturated heterocycles. The fraction of sp³-hybridized carbons (Fsp3) is 0.579. The number of aromatic amines is 1. The second-order valence-corrected chi connectivity index (χ2v) is 7.96. The van der Waals surface area contributed by atoms with Crippen molar-refractivity contribution in [3.63, 3.8) is 0 Å². The first-order chi connectivity index (χ1) is 12.0. The van der Waals surface area contributed by atoms with E-state index >= 15 is 0 Å². The zero-order valence-corrected chi connectivity index (χ0v) is 15.2. The minimum atomic E-state index is -0.746. The van der Waals surface area contributed by atoms with E-state index in [0.29, 0.717) is 6.42 Å². The molecule has 2 atom stereocenters. The molecule has 2 fully saturated rings. The Hall–Kier alpha value is -1.11. The van der Waals surface area contributed by atoms with Crippen LogP contribution >= 0.6 is 11.6 Å². The molecule has 2 aliphatic rings. The number of rotatable bonds is 2. The van der Waals surface area contributed by atoms with Crippen molar-refractivity contribution in [2.75, 3.05) is 19.7 Å². The van der Waals surface area contributed by atoms with Gasteiger partial charge in [0.15, 0.2) is 0 Å². The Morgan fingerprint density at radius 2 is 2.04 bits per heavy atom. The number of ether oxygens (including phenoxy) is 1. The number of aliphatic hydroxyl groups excluding tert-OH is 2. The zero-order valence-electron chi connectivity index (χ0n) is 14.5. The molecule has 136 valence electrons. The molecule has 0 bridgehead atoms. The van der Waals surface area contributed by atoms with Crippen LogP contribution in [0.15, 0.2) is 18.2 Å². The number of nitrogens with one attached hydrogen (secondary N) is 1. The van der Waals surface area contributed by atoms with Gasteiger partial charge in [-0.1, -0.05) is 11.6 Å². The van der Waals surface area contributed by atoms with Crippen LogP contribution in [0.1, 0.15) is 30.5 Å². The van der Waals surface area contributed by atoms with Crippen LogP contribution in [0.5, 0.6) is 0 Å². The monoisotopic (exact) mass is 364 g/mol. The number of hydrogen-bond acceptors (Lipinski definition) is 4. The summed E-state index contributed by atoms with van der Waals surface area (Å²) in [6.07, 6.45) is 0.904. The summed E-state index contributed by atoms with van der Waals surface area (Å²) in [5.41, 5.74) is 3.34. The molecule has 3 N–H and O–H groups in total. The van der Waals surface area contributed by atoms with E-state index in [0.717, 1.165) is 43.0 Å². The highest BCUT2D eigenvalue weighted by atomic mass is 35.5. The molecule has 0 aliphatic carbocycles. The van der Waals surface area contributed by atoms with E-state index < -0.39 is 12.2 Å². The van der Waals surface area contributed by atoms with Crippen molar-refractivity contribution in [2.24, 2.45) is 0 Å². The van der Waals surface area contributed by atoms with Crippen molar-refractivity contribution in [2.45, 2.75) is 50.5 Å². The van der Waals surface area contributed by atoms with E-state index in [-0.39, 0.29) is 12.2 Å². The largest absolute Gasteiger partial charge is 0.390 e. The summed E-state index contributed by atoms with van der Waals surface area (Å²) < 4.78 is 5.91. The van der Waals surface area contributed by atoms with Crippen molar-refractivity contribution in [1.29, 1.82) is 0 Å². The summed E-state index contributed by atoms with van der Waals surface area (Å²) in [5.74, 6) is 0. The molecule has 0 saturated carbocycles. The normalized spacial score (nSPS) is 27.2. The first kappa shape index (κ1) is 17.3. The Balaban J connectivity index is 1.43. The van der Waals surface area contributed by atoms with E-state index in [2.05, 4.69) is 16.8 Å². The topological polar surface area (TPSA) is 68.7 Å². The van der Waals surface area contributed by atoms with Crippen molar-refractivity contribution in [1.82, 2.24) is 9.88 Å². The minimum absolute atomic E-state index is 0.239. The Bertz CT molecular complexity index is 767. The number of benzene rings is 1. The van der Waals surface area contributed by atoms with E-state index in [1.807, 2.05) is 18.2 Å². The van der Waals surface area contributed by atoms with E-state index in [4.69, 9.17) is 16.3 Å². The summed E-state index contributed by atoms with van der Waals surface area (Å²) in [4.78, 5) is 5.94. The van der Waals surface area contributed by atoms with E-state index in [1.165, 1.54) is 16.6 Å². The Kier molecular flexibility index (Phi) is 4.54. The maximum absolute atomic E-state index is 9.98. The van der Waals surface area contributed by atoms with Crippen molar-refractivity contribution < 1.29 is 14.9 Å². The molecule has 0 unspecified atom stereocenters. The fourth-order valence-corrected chi connectivity index (χ4v) is 4.32. The van der Waals surface area contributed by atoms with Gasteiger partial charge in [0, 0.05) is 47.7 Å². The molecular formula is C19H25ClN2O3. The van der Waals surface area contributed by atoms with Crippen molar-refractivity contribution in [3.8, 4) is 0 Å². The second kappa shape index (κ2) is 6.56. The number of aromatic nitrogens is 1. The third-order valence-corrected chi connectivity index (χ3v) is 6.09. The highest BCUT2D eigenvalue weighted by Gasteiger charge is 2.42. The maximum atomic E-state index is 9.98. The third-order valence-electron chi connectivity index (χ3n) is 5.86. The molecule has 0 amide bonds. The second-order valence-electron chi connectivity index (χ2n) is 7.53.